The number of carbonyl (C=O) groups excluding carboxylic acids is 1. The van der Waals surface area contributed by atoms with Crippen molar-refractivity contribution in [2.24, 2.45) is 5.92 Å². The second kappa shape index (κ2) is 9.36. The third-order valence-corrected chi connectivity index (χ3v) is 5.18. The molecule has 2 aromatic carbocycles. The van der Waals surface area contributed by atoms with Gasteiger partial charge in [-0.2, -0.15) is 0 Å². The molecule has 8 heteroatoms. The van der Waals surface area contributed by atoms with Gasteiger partial charge >= 0.3 is 0 Å². The van der Waals surface area contributed by atoms with Gasteiger partial charge in [0, 0.05) is 12.2 Å². The summed E-state index contributed by atoms with van der Waals surface area (Å²) >= 11 is 1.34. The first-order valence-electron chi connectivity index (χ1n) is 8.99. The van der Waals surface area contributed by atoms with Gasteiger partial charge in [-0.1, -0.05) is 55.9 Å². The number of rotatable bonds is 8. The number of methoxy groups -OCH3 is 1. The van der Waals surface area contributed by atoms with Crippen molar-refractivity contribution in [3.63, 3.8) is 0 Å². The predicted octanol–water partition coefficient (Wildman–Crippen LogP) is 3.81. The summed E-state index contributed by atoms with van der Waals surface area (Å²) < 4.78 is 6.91. The molecule has 0 radical (unpaired) electrons. The third kappa shape index (κ3) is 5.10. The van der Waals surface area contributed by atoms with E-state index in [1.807, 2.05) is 54.6 Å². The molecule has 7 nitrogen and oxygen atoms in total. The van der Waals surface area contributed by atoms with Crippen molar-refractivity contribution in [2.45, 2.75) is 30.8 Å². The molecule has 1 N–H and O–H groups in total. The van der Waals surface area contributed by atoms with E-state index in [0.29, 0.717) is 23.3 Å². The van der Waals surface area contributed by atoms with Crippen molar-refractivity contribution in [1.82, 2.24) is 20.2 Å². The Morgan fingerprint density at radius 3 is 2.50 bits per heavy atom. The highest BCUT2D eigenvalue weighted by molar-refractivity contribution is 8.00. The Kier molecular flexibility index (Phi) is 6.65. The molecule has 0 aliphatic carbocycles. The van der Waals surface area contributed by atoms with E-state index in [1.54, 1.807) is 11.8 Å². The van der Waals surface area contributed by atoms with Crippen molar-refractivity contribution in [3.05, 3.63) is 60.2 Å². The van der Waals surface area contributed by atoms with Gasteiger partial charge in [-0.05, 0) is 46.2 Å². The zero-order chi connectivity index (χ0) is 19.9. The minimum absolute atomic E-state index is 0.138. The first-order chi connectivity index (χ1) is 13.6. The Bertz CT molecular complexity index is 896. The molecule has 0 aliphatic heterocycles. The van der Waals surface area contributed by atoms with E-state index in [-0.39, 0.29) is 5.91 Å². The van der Waals surface area contributed by atoms with Gasteiger partial charge in [0.15, 0.2) is 0 Å². The molecule has 1 aromatic heterocycles. The minimum atomic E-state index is -0.486. The molecule has 0 fully saturated rings. The summed E-state index contributed by atoms with van der Waals surface area (Å²) in [6.07, 6.45) is 0. The number of amides is 1. The Morgan fingerprint density at radius 2 is 1.86 bits per heavy atom. The Labute approximate surface area is 168 Å². The van der Waals surface area contributed by atoms with E-state index < -0.39 is 5.25 Å². The number of aromatic nitrogens is 4. The highest BCUT2D eigenvalue weighted by atomic mass is 32.2. The lowest BCUT2D eigenvalue weighted by atomic mass is 10.1. The molecule has 28 heavy (non-hydrogen) atoms. The molecule has 1 atom stereocenters. The van der Waals surface area contributed by atoms with Crippen molar-refractivity contribution in [2.75, 3.05) is 12.4 Å². The van der Waals surface area contributed by atoms with Crippen LogP contribution in [0.1, 0.15) is 24.7 Å². The van der Waals surface area contributed by atoms with Crippen LogP contribution in [0.15, 0.2) is 59.8 Å². The Hall–Kier alpha value is -2.87. The summed E-state index contributed by atoms with van der Waals surface area (Å²) in [7, 11) is 1.61. The molecular weight excluding hydrogens is 374 g/mol. The lowest BCUT2D eigenvalue weighted by Gasteiger charge is -2.17. The maximum atomic E-state index is 13.1. The van der Waals surface area contributed by atoms with Crippen LogP contribution in [0, 0.1) is 5.92 Å². The second-order valence-corrected chi connectivity index (χ2v) is 7.74. The van der Waals surface area contributed by atoms with E-state index in [2.05, 4.69) is 34.7 Å². The maximum Gasteiger partial charge on any atom is 0.242 e. The molecule has 0 saturated carbocycles. The van der Waals surface area contributed by atoms with Crippen LogP contribution in [0.25, 0.3) is 0 Å². The fraction of sp³-hybridized carbons (Fsp3) is 0.300. The van der Waals surface area contributed by atoms with Gasteiger partial charge in [0.25, 0.3) is 0 Å². The van der Waals surface area contributed by atoms with Crippen LogP contribution < -0.4 is 10.1 Å². The number of ether oxygens (including phenoxy) is 1. The summed E-state index contributed by atoms with van der Waals surface area (Å²) in [5.74, 6) is 0.992. The van der Waals surface area contributed by atoms with Crippen LogP contribution in [0.4, 0.5) is 5.69 Å². The molecule has 146 valence electrons. The van der Waals surface area contributed by atoms with Crippen LogP contribution >= 0.6 is 11.8 Å². The SMILES string of the molecule is COc1ccc(NC(=O)C(Sc2nnnn2CC(C)C)c2ccccc2)cc1. The topological polar surface area (TPSA) is 81.9 Å². The number of nitrogens with zero attached hydrogens (tertiary/aromatic N) is 4. The predicted molar refractivity (Wildman–Crippen MR) is 109 cm³/mol. The fourth-order valence-corrected chi connectivity index (χ4v) is 3.62. The molecule has 3 aromatic rings. The smallest absolute Gasteiger partial charge is 0.242 e. The van der Waals surface area contributed by atoms with Gasteiger partial charge in [0.05, 0.1) is 7.11 Å². The van der Waals surface area contributed by atoms with Crippen LogP contribution in [0.5, 0.6) is 5.75 Å². The molecule has 1 amide bonds. The third-order valence-electron chi connectivity index (χ3n) is 3.96. The average Bonchev–Trinajstić information content (AvgIpc) is 3.13. The molecule has 0 bridgehead atoms. The van der Waals surface area contributed by atoms with E-state index in [0.717, 1.165) is 11.3 Å². The zero-order valence-electron chi connectivity index (χ0n) is 16.1. The van der Waals surface area contributed by atoms with E-state index in [9.17, 15) is 4.79 Å². The van der Waals surface area contributed by atoms with Crippen LogP contribution in [-0.4, -0.2) is 33.2 Å². The molecule has 0 aliphatic rings. The largest absolute Gasteiger partial charge is 0.497 e. The van der Waals surface area contributed by atoms with Crippen molar-refractivity contribution in [3.8, 4) is 5.75 Å². The van der Waals surface area contributed by atoms with Crippen LogP contribution in [0.3, 0.4) is 0 Å². The monoisotopic (exact) mass is 397 g/mol. The molecule has 3 rings (SSSR count). The number of anilines is 1. The highest BCUT2D eigenvalue weighted by Gasteiger charge is 2.25. The van der Waals surface area contributed by atoms with E-state index in [1.165, 1.54) is 11.8 Å². The first-order valence-corrected chi connectivity index (χ1v) is 9.87. The lowest BCUT2D eigenvalue weighted by molar-refractivity contribution is -0.115. The quantitative estimate of drug-likeness (QED) is 0.582. The summed E-state index contributed by atoms with van der Waals surface area (Å²) in [6.45, 7) is 4.89. The van der Waals surface area contributed by atoms with Gasteiger partial charge in [-0.25, -0.2) is 4.68 Å². The molecular formula is C20H23N5O2S. The highest BCUT2D eigenvalue weighted by Crippen LogP contribution is 2.35. The number of hydrogen-bond donors (Lipinski definition) is 1. The van der Waals surface area contributed by atoms with Crippen LogP contribution in [0.2, 0.25) is 0 Å². The normalized spacial score (nSPS) is 12.0. The molecule has 1 heterocycles. The standard InChI is InChI=1S/C20H23N5O2S/c1-14(2)13-25-20(22-23-24-25)28-18(15-7-5-4-6-8-15)19(26)21-16-9-11-17(27-3)12-10-16/h4-12,14,18H,13H2,1-3H3,(H,21,26). The average molecular weight is 398 g/mol. The lowest BCUT2D eigenvalue weighted by Crippen LogP contribution is -2.20. The summed E-state index contributed by atoms with van der Waals surface area (Å²) in [5, 5.41) is 15.1. The van der Waals surface area contributed by atoms with Crippen LogP contribution in [-0.2, 0) is 11.3 Å². The van der Waals surface area contributed by atoms with Gasteiger partial charge in [0.1, 0.15) is 11.0 Å². The summed E-state index contributed by atoms with van der Waals surface area (Å²) in [5.41, 5.74) is 1.59. The maximum absolute atomic E-state index is 13.1. The minimum Gasteiger partial charge on any atom is -0.497 e. The van der Waals surface area contributed by atoms with Crippen molar-refractivity contribution >= 4 is 23.4 Å². The number of carbonyl (C=O) groups is 1. The first kappa shape index (κ1) is 19.9. The van der Waals surface area contributed by atoms with Gasteiger partial charge < -0.3 is 10.1 Å². The number of hydrogen-bond acceptors (Lipinski definition) is 6. The van der Waals surface area contributed by atoms with E-state index >= 15 is 0 Å². The van der Waals surface area contributed by atoms with Gasteiger partial charge in [0.2, 0.25) is 11.1 Å². The Morgan fingerprint density at radius 1 is 1.14 bits per heavy atom. The number of nitrogens with one attached hydrogen (secondary N) is 1. The molecule has 1 unspecified atom stereocenters. The molecule has 0 spiro atoms. The van der Waals surface area contributed by atoms with Crippen molar-refractivity contribution in [1.29, 1.82) is 0 Å². The number of tetrazole rings is 1. The van der Waals surface area contributed by atoms with Gasteiger partial charge in [-0.15, -0.1) is 5.10 Å². The number of thioether (sulfide) groups is 1. The van der Waals surface area contributed by atoms with Crippen molar-refractivity contribution < 1.29 is 9.53 Å². The zero-order valence-corrected chi connectivity index (χ0v) is 16.9. The fourth-order valence-electron chi connectivity index (χ4n) is 2.63. The Balaban J connectivity index is 1.83. The van der Waals surface area contributed by atoms with E-state index in [4.69, 9.17) is 4.74 Å². The summed E-state index contributed by atoms with van der Waals surface area (Å²) in [6, 6.07) is 16.9. The molecule has 0 saturated heterocycles. The van der Waals surface area contributed by atoms with Gasteiger partial charge in [-0.3, -0.25) is 4.79 Å². The number of benzene rings is 2. The summed E-state index contributed by atoms with van der Waals surface area (Å²) in [4.78, 5) is 13.1. The second-order valence-electron chi connectivity index (χ2n) is 6.66.